The summed E-state index contributed by atoms with van der Waals surface area (Å²) in [6.45, 7) is 1.88. The van der Waals surface area contributed by atoms with Gasteiger partial charge in [0.05, 0.1) is 6.04 Å². The lowest BCUT2D eigenvalue weighted by Crippen LogP contribution is -2.27. The van der Waals surface area contributed by atoms with Crippen LogP contribution in [-0.2, 0) is 0 Å². The first-order valence-electron chi connectivity index (χ1n) is 6.17. The lowest BCUT2D eigenvalue weighted by Gasteiger charge is -2.14. The highest BCUT2D eigenvalue weighted by Gasteiger charge is 2.13. The van der Waals surface area contributed by atoms with Crippen LogP contribution in [0.1, 0.15) is 29.0 Å². The predicted molar refractivity (Wildman–Crippen MR) is 78.3 cm³/mol. The first kappa shape index (κ1) is 14.5. The minimum absolute atomic E-state index is 0.0811. The highest BCUT2D eigenvalue weighted by molar-refractivity contribution is 7.98. The lowest BCUT2D eigenvalue weighted by atomic mass is 10.1. The van der Waals surface area contributed by atoms with Crippen LogP contribution in [0.2, 0.25) is 0 Å². The number of pyridine rings is 1. The van der Waals surface area contributed by atoms with Crippen LogP contribution in [0.5, 0.6) is 0 Å². The lowest BCUT2D eigenvalue weighted by molar-refractivity contribution is 0.0933. The molecule has 1 amide bonds. The molecule has 1 aromatic carbocycles. The van der Waals surface area contributed by atoms with Crippen molar-refractivity contribution in [3.63, 3.8) is 0 Å². The average Bonchev–Trinajstić information content (AvgIpc) is 2.47. The molecule has 2 rings (SSSR count). The Balaban J connectivity index is 2.06. The summed E-state index contributed by atoms with van der Waals surface area (Å²) < 4.78 is 13.0. The van der Waals surface area contributed by atoms with Crippen LogP contribution < -0.4 is 5.32 Å². The van der Waals surface area contributed by atoms with Crippen LogP contribution in [0.3, 0.4) is 0 Å². The average molecular weight is 290 g/mol. The van der Waals surface area contributed by atoms with Crippen molar-refractivity contribution in [1.82, 2.24) is 10.3 Å². The molecule has 3 nitrogen and oxygen atoms in total. The fraction of sp³-hybridized carbons (Fsp3) is 0.200. The van der Waals surface area contributed by atoms with Crippen molar-refractivity contribution < 1.29 is 9.18 Å². The number of thioether (sulfide) groups is 1. The highest BCUT2D eigenvalue weighted by Crippen LogP contribution is 2.19. The number of nitrogens with one attached hydrogen (secondary N) is 1. The van der Waals surface area contributed by atoms with Gasteiger partial charge in [-0.3, -0.25) is 4.79 Å². The highest BCUT2D eigenvalue weighted by atomic mass is 32.2. The molecule has 0 spiro atoms. The number of hydrogen-bond acceptors (Lipinski definition) is 3. The van der Waals surface area contributed by atoms with Gasteiger partial charge in [0.25, 0.3) is 5.91 Å². The summed E-state index contributed by atoms with van der Waals surface area (Å²) in [7, 11) is 0. The van der Waals surface area contributed by atoms with Gasteiger partial charge in [0.2, 0.25) is 5.95 Å². The summed E-state index contributed by atoms with van der Waals surface area (Å²) in [6, 6.07) is 11.9. The van der Waals surface area contributed by atoms with Gasteiger partial charge in [0.15, 0.2) is 0 Å². The quantitative estimate of drug-likeness (QED) is 0.693. The Kier molecular flexibility index (Phi) is 4.74. The van der Waals surface area contributed by atoms with Crippen molar-refractivity contribution in [3.05, 3.63) is 59.7 Å². The van der Waals surface area contributed by atoms with Gasteiger partial charge in [-0.05, 0) is 43.0 Å². The molecule has 1 heterocycles. The second-order valence-corrected chi connectivity index (χ2v) is 5.19. The Morgan fingerprint density at radius 3 is 2.55 bits per heavy atom. The molecule has 1 unspecified atom stereocenters. The van der Waals surface area contributed by atoms with Gasteiger partial charge in [-0.1, -0.05) is 18.2 Å². The van der Waals surface area contributed by atoms with Gasteiger partial charge in [-0.2, -0.15) is 4.39 Å². The van der Waals surface area contributed by atoms with Crippen molar-refractivity contribution in [2.75, 3.05) is 6.26 Å². The third-order valence-electron chi connectivity index (χ3n) is 2.91. The molecule has 1 atom stereocenters. The van der Waals surface area contributed by atoms with E-state index in [4.69, 9.17) is 0 Å². The molecule has 0 bridgehead atoms. The van der Waals surface area contributed by atoms with Crippen molar-refractivity contribution in [3.8, 4) is 0 Å². The molecule has 1 N–H and O–H groups in total. The fourth-order valence-electron chi connectivity index (χ4n) is 1.78. The molecule has 0 fully saturated rings. The van der Waals surface area contributed by atoms with E-state index in [1.54, 1.807) is 11.8 Å². The van der Waals surface area contributed by atoms with E-state index in [0.717, 1.165) is 5.56 Å². The third kappa shape index (κ3) is 3.57. The van der Waals surface area contributed by atoms with Crippen LogP contribution in [0, 0.1) is 5.95 Å². The number of nitrogens with zero attached hydrogens (tertiary/aromatic N) is 1. The number of carbonyl (C=O) groups excluding carboxylic acids is 1. The number of halogens is 1. The molecule has 0 saturated heterocycles. The molecule has 0 aliphatic rings. The normalized spacial score (nSPS) is 11.9. The number of carbonyl (C=O) groups is 1. The van der Waals surface area contributed by atoms with Crippen LogP contribution in [0.4, 0.5) is 4.39 Å². The predicted octanol–water partition coefficient (Wildman–Crippen LogP) is 3.43. The van der Waals surface area contributed by atoms with Crippen LogP contribution in [0.25, 0.3) is 0 Å². The summed E-state index contributed by atoms with van der Waals surface area (Å²) >= 11 is 1.66. The third-order valence-corrected chi connectivity index (χ3v) is 3.65. The molecule has 104 valence electrons. The molecule has 1 aromatic heterocycles. The van der Waals surface area contributed by atoms with Crippen LogP contribution in [-0.4, -0.2) is 17.1 Å². The number of rotatable bonds is 4. The largest absolute Gasteiger partial charge is 0.344 e. The minimum atomic E-state index is -0.658. The van der Waals surface area contributed by atoms with Crippen molar-refractivity contribution in [1.29, 1.82) is 0 Å². The summed E-state index contributed by atoms with van der Waals surface area (Å²) in [4.78, 5) is 16.7. The topological polar surface area (TPSA) is 42.0 Å². The monoisotopic (exact) mass is 290 g/mol. The molecule has 5 heteroatoms. The maximum absolute atomic E-state index is 13.0. The van der Waals surface area contributed by atoms with E-state index in [-0.39, 0.29) is 17.6 Å². The van der Waals surface area contributed by atoms with E-state index >= 15 is 0 Å². The Morgan fingerprint density at radius 2 is 1.95 bits per heavy atom. The number of benzene rings is 1. The zero-order valence-corrected chi connectivity index (χ0v) is 12.1. The van der Waals surface area contributed by atoms with Gasteiger partial charge >= 0.3 is 0 Å². The van der Waals surface area contributed by atoms with E-state index < -0.39 is 5.95 Å². The second kappa shape index (κ2) is 6.52. The van der Waals surface area contributed by atoms with Crippen molar-refractivity contribution in [2.45, 2.75) is 17.9 Å². The molecule has 0 aliphatic carbocycles. The minimum Gasteiger partial charge on any atom is -0.344 e. The number of amides is 1. The summed E-state index contributed by atoms with van der Waals surface area (Å²) in [6.07, 6.45) is 2.01. The maximum atomic E-state index is 13.0. The van der Waals surface area contributed by atoms with Crippen molar-refractivity contribution in [2.24, 2.45) is 0 Å². The molecular weight excluding hydrogens is 275 g/mol. The molecule has 0 saturated carbocycles. The SMILES string of the molecule is CSc1ccc(C(C)NC(=O)c2cccc(F)n2)cc1. The second-order valence-electron chi connectivity index (χ2n) is 4.31. The van der Waals surface area contributed by atoms with E-state index in [0.29, 0.717) is 0 Å². The van der Waals surface area contributed by atoms with Gasteiger partial charge in [0, 0.05) is 4.90 Å². The standard InChI is InChI=1S/C15H15FN2OS/c1-10(11-6-8-12(20-2)9-7-11)17-15(19)13-4-3-5-14(16)18-13/h3-10H,1-2H3,(H,17,19). The van der Waals surface area contributed by atoms with E-state index in [9.17, 15) is 9.18 Å². The van der Waals surface area contributed by atoms with Crippen LogP contribution >= 0.6 is 11.8 Å². The maximum Gasteiger partial charge on any atom is 0.270 e. The van der Waals surface area contributed by atoms with Gasteiger partial charge < -0.3 is 5.32 Å². The van der Waals surface area contributed by atoms with E-state index in [1.165, 1.54) is 23.1 Å². The van der Waals surface area contributed by atoms with Crippen LogP contribution in [0.15, 0.2) is 47.4 Å². The zero-order valence-electron chi connectivity index (χ0n) is 11.3. The van der Waals surface area contributed by atoms with E-state index in [1.807, 2.05) is 37.4 Å². The van der Waals surface area contributed by atoms with Crippen molar-refractivity contribution >= 4 is 17.7 Å². The van der Waals surface area contributed by atoms with Gasteiger partial charge in [-0.25, -0.2) is 4.98 Å². The smallest absolute Gasteiger partial charge is 0.270 e. The van der Waals surface area contributed by atoms with Gasteiger partial charge in [-0.15, -0.1) is 11.8 Å². The zero-order chi connectivity index (χ0) is 14.5. The summed E-state index contributed by atoms with van der Waals surface area (Å²) in [5, 5.41) is 2.80. The Bertz CT molecular complexity index is 601. The fourth-order valence-corrected chi connectivity index (χ4v) is 2.19. The first-order chi connectivity index (χ1) is 9.60. The Labute approximate surface area is 121 Å². The molecule has 20 heavy (non-hydrogen) atoms. The summed E-state index contributed by atoms with van der Waals surface area (Å²) in [5.74, 6) is -1.04. The molecular formula is C15H15FN2OS. The Hall–Kier alpha value is -1.88. The molecule has 2 aromatic rings. The van der Waals surface area contributed by atoms with Gasteiger partial charge in [0.1, 0.15) is 5.69 Å². The number of aromatic nitrogens is 1. The number of hydrogen-bond donors (Lipinski definition) is 1. The van der Waals surface area contributed by atoms with E-state index in [2.05, 4.69) is 10.3 Å². The molecule has 0 aliphatic heterocycles. The first-order valence-corrected chi connectivity index (χ1v) is 7.40. The molecule has 0 radical (unpaired) electrons. The Morgan fingerprint density at radius 1 is 1.25 bits per heavy atom. The summed E-state index contributed by atoms with van der Waals surface area (Å²) in [5.41, 5.74) is 1.07.